The maximum Gasteiger partial charge on any atom is 0.106 e. The number of rotatable bonds is 2. The van der Waals surface area contributed by atoms with Crippen LogP contribution in [0.15, 0.2) is 0 Å². The smallest absolute Gasteiger partial charge is 0.106 e. The fraction of sp³-hybridized carbons (Fsp3) is 1.00. The van der Waals surface area contributed by atoms with Crippen molar-refractivity contribution >= 4 is 12.0 Å². The lowest BCUT2D eigenvalue weighted by Gasteiger charge is -2.51. The van der Waals surface area contributed by atoms with Gasteiger partial charge in [0.2, 0.25) is 0 Å². The predicted octanol–water partition coefficient (Wildman–Crippen LogP) is 2.59. The molecule has 110 valence electrons. The van der Waals surface area contributed by atoms with Gasteiger partial charge in [-0.2, -0.15) is 0 Å². The van der Waals surface area contributed by atoms with Gasteiger partial charge in [0.25, 0.3) is 0 Å². The molecule has 1 saturated carbocycles. The van der Waals surface area contributed by atoms with E-state index in [9.17, 15) is 5.11 Å². The van der Waals surface area contributed by atoms with Crippen LogP contribution in [0.5, 0.6) is 0 Å². The number of hydrogen-bond donors (Lipinski definition) is 2. The van der Waals surface area contributed by atoms with Gasteiger partial charge in [-0.25, -0.2) is 0 Å². The lowest BCUT2D eigenvalue weighted by Crippen LogP contribution is -2.69. The Morgan fingerprint density at radius 1 is 1.32 bits per heavy atom. The second-order valence-electron chi connectivity index (χ2n) is 7.44. The fourth-order valence-electron chi connectivity index (χ4n) is 5.36. The molecule has 0 radical (unpaired) electrons. The van der Waals surface area contributed by atoms with Crippen LogP contribution in [0.1, 0.15) is 47.0 Å². The molecule has 19 heavy (non-hydrogen) atoms. The monoisotopic (exact) mass is 285 g/mol. The summed E-state index contributed by atoms with van der Waals surface area (Å²) in [5.74, 6) is 0.819. The van der Waals surface area contributed by atoms with Gasteiger partial charge in [-0.3, -0.25) is 0 Å². The summed E-state index contributed by atoms with van der Waals surface area (Å²) in [6, 6.07) is 0.501. The van der Waals surface area contributed by atoms with E-state index in [-0.39, 0.29) is 22.7 Å². The normalized spacial score (nSPS) is 55.3. The third kappa shape index (κ3) is 1.42. The molecule has 1 aliphatic carbocycles. The Labute approximate surface area is 121 Å². The molecule has 0 aromatic rings. The molecular formula is C15H27NO2S. The molecule has 6 atom stereocenters. The molecule has 0 amide bonds. The molecule has 3 rings (SSSR count). The van der Waals surface area contributed by atoms with Gasteiger partial charge in [0.15, 0.2) is 0 Å². The molecule has 2 saturated heterocycles. The zero-order chi connectivity index (χ0) is 14.1. The van der Waals surface area contributed by atoms with Gasteiger partial charge < -0.3 is 14.6 Å². The summed E-state index contributed by atoms with van der Waals surface area (Å²) in [7, 11) is 0. The Kier molecular flexibility index (Phi) is 3.08. The second-order valence-corrected chi connectivity index (χ2v) is 7.94. The van der Waals surface area contributed by atoms with Crippen LogP contribution in [0.4, 0.5) is 0 Å². The molecule has 1 spiro atoms. The minimum atomic E-state index is -0.297. The number of aliphatic hydroxyl groups excluding tert-OH is 1. The van der Waals surface area contributed by atoms with Crippen molar-refractivity contribution in [2.45, 2.75) is 70.2 Å². The topological polar surface area (TPSA) is 41.5 Å². The minimum Gasteiger partial charge on any atom is -0.391 e. The van der Waals surface area contributed by atoms with Crippen molar-refractivity contribution < 1.29 is 9.29 Å². The van der Waals surface area contributed by atoms with Crippen molar-refractivity contribution in [3.05, 3.63) is 0 Å². The van der Waals surface area contributed by atoms with E-state index < -0.39 is 0 Å². The molecule has 2 aliphatic heterocycles. The number of hydrogen-bond acceptors (Lipinski definition) is 4. The number of piperidine rings is 1. The first kappa shape index (κ1) is 14.2. The standard InChI is InChI=1S/C15H27NO2S/c1-9-8-12(17)15-10(2)13(3,4)11(16-15)6-7-14(9,15)18-19-5/h9-12,16-17H,6-8H2,1-5H3/t9-,10+,11+,12+,14-,15-/m0/s1. The first-order valence-electron chi connectivity index (χ1n) is 7.50. The third-order valence-corrected chi connectivity index (χ3v) is 7.21. The van der Waals surface area contributed by atoms with Crippen molar-refractivity contribution in [2.24, 2.45) is 17.3 Å². The Bertz CT molecular complexity index is 388. The Hall–Kier alpha value is 0.230. The highest BCUT2D eigenvalue weighted by Gasteiger charge is 2.75. The van der Waals surface area contributed by atoms with E-state index in [1.807, 2.05) is 6.26 Å². The molecule has 0 unspecified atom stereocenters. The van der Waals surface area contributed by atoms with E-state index in [0.29, 0.717) is 17.9 Å². The van der Waals surface area contributed by atoms with Crippen LogP contribution in [-0.4, -0.2) is 34.6 Å². The Morgan fingerprint density at radius 3 is 2.63 bits per heavy atom. The molecule has 2 bridgehead atoms. The van der Waals surface area contributed by atoms with E-state index >= 15 is 0 Å². The molecule has 0 aromatic carbocycles. The molecule has 0 aromatic heterocycles. The molecule has 3 fully saturated rings. The van der Waals surface area contributed by atoms with E-state index in [2.05, 4.69) is 33.0 Å². The molecule has 2 N–H and O–H groups in total. The van der Waals surface area contributed by atoms with Crippen LogP contribution < -0.4 is 5.32 Å². The van der Waals surface area contributed by atoms with Crippen molar-refractivity contribution in [2.75, 3.05) is 6.26 Å². The number of nitrogens with one attached hydrogen (secondary N) is 1. The summed E-state index contributed by atoms with van der Waals surface area (Å²) < 4.78 is 6.26. The molecule has 3 aliphatic rings. The van der Waals surface area contributed by atoms with Gasteiger partial charge in [0.1, 0.15) is 5.60 Å². The third-order valence-electron chi connectivity index (χ3n) is 6.75. The number of aliphatic hydroxyl groups is 1. The van der Waals surface area contributed by atoms with E-state index in [4.69, 9.17) is 4.18 Å². The summed E-state index contributed by atoms with van der Waals surface area (Å²) >= 11 is 1.46. The zero-order valence-corrected chi connectivity index (χ0v) is 13.5. The lowest BCUT2D eigenvalue weighted by atomic mass is 9.66. The SMILES string of the molecule is CSO[C@]12CC[C@H]3N[C@]1([C@H](O)C[C@@H]2C)[C@H](C)C3(C)C. The van der Waals surface area contributed by atoms with Crippen LogP contribution in [0.25, 0.3) is 0 Å². The molecular weight excluding hydrogens is 258 g/mol. The van der Waals surface area contributed by atoms with Crippen LogP contribution in [0, 0.1) is 17.3 Å². The van der Waals surface area contributed by atoms with Crippen molar-refractivity contribution in [1.82, 2.24) is 5.32 Å². The van der Waals surface area contributed by atoms with Gasteiger partial charge >= 0.3 is 0 Å². The van der Waals surface area contributed by atoms with Gasteiger partial charge in [-0.1, -0.05) is 27.7 Å². The second kappa shape index (κ2) is 4.12. The lowest BCUT2D eigenvalue weighted by molar-refractivity contribution is -0.0833. The van der Waals surface area contributed by atoms with Crippen molar-refractivity contribution in [3.63, 3.8) is 0 Å². The average Bonchev–Trinajstić information content (AvgIpc) is 2.67. The largest absolute Gasteiger partial charge is 0.391 e. The maximum atomic E-state index is 10.8. The van der Waals surface area contributed by atoms with Gasteiger partial charge in [-0.15, -0.1) is 0 Å². The highest BCUT2D eigenvalue weighted by atomic mass is 32.2. The van der Waals surface area contributed by atoms with Gasteiger partial charge in [0, 0.05) is 12.3 Å². The van der Waals surface area contributed by atoms with Gasteiger partial charge in [0.05, 0.1) is 11.6 Å². The van der Waals surface area contributed by atoms with Gasteiger partial charge in [-0.05, 0) is 48.6 Å². The first-order chi connectivity index (χ1) is 8.83. The zero-order valence-electron chi connectivity index (χ0n) is 12.7. The first-order valence-corrected chi connectivity index (χ1v) is 8.65. The van der Waals surface area contributed by atoms with E-state index in [0.717, 1.165) is 19.3 Å². The molecule has 4 heteroatoms. The maximum absolute atomic E-state index is 10.8. The summed E-state index contributed by atoms with van der Waals surface area (Å²) in [5, 5.41) is 14.6. The average molecular weight is 285 g/mol. The quantitative estimate of drug-likeness (QED) is 0.765. The van der Waals surface area contributed by atoms with E-state index in [1.165, 1.54) is 12.0 Å². The molecule has 3 nitrogen and oxygen atoms in total. The van der Waals surface area contributed by atoms with Crippen LogP contribution in [0.2, 0.25) is 0 Å². The summed E-state index contributed by atoms with van der Waals surface area (Å²) in [6.07, 6.45) is 4.76. The molecule has 2 heterocycles. The van der Waals surface area contributed by atoms with Crippen molar-refractivity contribution in [3.8, 4) is 0 Å². The van der Waals surface area contributed by atoms with E-state index in [1.54, 1.807) is 0 Å². The Morgan fingerprint density at radius 2 is 2.00 bits per heavy atom. The highest BCUT2D eigenvalue weighted by Crippen LogP contribution is 2.64. The van der Waals surface area contributed by atoms with Crippen LogP contribution >= 0.6 is 12.0 Å². The van der Waals surface area contributed by atoms with Crippen LogP contribution in [-0.2, 0) is 4.18 Å². The fourth-order valence-corrected chi connectivity index (χ4v) is 6.04. The summed E-state index contributed by atoms with van der Waals surface area (Å²) in [6.45, 7) is 9.23. The van der Waals surface area contributed by atoms with Crippen molar-refractivity contribution in [1.29, 1.82) is 0 Å². The number of fused-ring (bicyclic) bond motifs is 1. The summed E-state index contributed by atoms with van der Waals surface area (Å²) in [5.41, 5.74) is -0.258. The minimum absolute atomic E-state index is 0.213. The van der Waals surface area contributed by atoms with Crippen LogP contribution in [0.3, 0.4) is 0 Å². The predicted molar refractivity (Wildman–Crippen MR) is 79.0 cm³/mol. The summed E-state index contributed by atoms with van der Waals surface area (Å²) in [4.78, 5) is 0. The highest BCUT2D eigenvalue weighted by molar-refractivity contribution is 7.93. The Balaban J connectivity index is 2.13.